The van der Waals surface area contributed by atoms with Crippen LogP contribution < -0.4 is 0 Å². The summed E-state index contributed by atoms with van der Waals surface area (Å²) in [5.74, 6) is 0.308. The van der Waals surface area contributed by atoms with Crippen LogP contribution in [0.25, 0.3) is 10.9 Å². The lowest BCUT2D eigenvalue weighted by molar-refractivity contribution is 0.0994. The maximum Gasteiger partial charge on any atom is 0.193 e. The zero-order valence-corrected chi connectivity index (χ0v) is 9.95. The van der Waals surface area contributed by atoms with Gasteiger partial charge in [-0.2, -0.15) is 5.26 Å². The van der Waals surface area contributed by atoms with E-state index in [1.807, 2.05) is 18.2 Å². The van der Waals surface area contributed by atoms with Gasteiger partial charge in [0.25, 0.3) is 0 Å². The van der Waals surface area contributed by atoms with E-state index in [0.29, 0.717) is 11.6 Å². The molecule has 86 valence electrons. The molecule has 0 aliphatic rings. The van der Waals surface area contributed by atoms with E-state index in [1.165, 1.54) is 5.56 Å². The van der Waals surface area contributed by atoms with Crippen LogP contribution in [0.4, 0.5) is 0 Å². The molecule has 3 nitrogen and oxygen atoms in total. The first-order valence-electron chi connectivity index (χ1n) is 5.64. The van der Waals surface area contributed by atoms with Crippen molar-refractivity contribution in [2.75, 3.05) is 0 Å². The molecule has 0 unspecified atom stereocenters. The van der Waals surface area contributed by atoms with Crippen molar-refractivity contribution in [3.63, 3.8) is 0 Å². The number of Topliss-reactive ketones (excluding diaryl/α,β-unsaturated/α-hetero) is 1. The van der Waals surface area contributed by atoms with Gasteiger partial charge in [0.2, 0.25) is 0 Å². The molecule has 0 bridgehead atoms. The van der Waals surface area contributed by atoms with Crippen molar-refractivity contribution in [1.82, 2.24) is 4.98 Å². The normalized spacial score (nSPS) is 10.7. The molecule has 1 heterocycles. The molecular weight excluding hydrogens is 212 g/mol. The second kappa shape index (κ2) is 4.42. The van der Waals surface area contributed by atoms with Gasteiger partial charge in [0.05, 0.1) is 11.8 Å². The van der Waals surface area contributed by atoms with Crippen molar-refractivity contribution in [2.24, 2.45) is 0 Å². The lowest BCUT2D eigenvalue weighted by atomic mass is 10.0. The van der Waals surface area contributed by atoms with Crippen LogP contribution in [0.2, 0.25) is 0 Å². The van der Waals surface area contributed by atoms with E-state index in [2.05, 4.69) is 31.0 Å². The number of ketones is 1. The molecule has 0 aliphatic heterocycles. The zero-order valence-electron chi connectivity index (χ0n) is 9.95. The summed E-state index contributed by atoms with van der Waals surface area (Å²) in [4.78, 5) is 14.6. The van der Waals surface area contributed by atoms with Crippen LogP contribution in [0.15, 0.2) is 24.3 Å². The van der Waals surface area contributed by atoms with Gasteiger partial charge < -0.3 is 4.98 Å². The number of benzene rings is 1. The van der Waals surface area contributed by atoms with Crippen LogP contribution in [0.1, 0.15) is 42.2 Å². The number of hydrogen-bond acceptors (Lipinski definition) is 2. The van der Waals surface area contributed by atoms with Gasteiger partial charge in [0.1, 0.15) is 6.42 Å². The van der Waals surface area contributed by atoms with E-state index in [4.69, 9.17) is 5.26 Å². The number of aromatic amines is 1. The van der Waals surface area contributed by atoms with E-state index in [9.17, 15) is 4.79 Å². The Kier molecular flexibility index (Phi) is 2.97. The molecule has 2 aromatic rings. The van der Waals surface area contributed by atoms with Crippen LogP contribution in [0.5, 0.6) is 0 Å². The summed E-state index contributed by atoms with van der Waals surface area (Å²) in [5, 5.41) is 9.53. The Morgan fingerprint density at radius 1 is 1.41 bits per heavy atom. The van der Waals surface area contributed by atoms with Crippen LogP contribution in [0, 0.1) is 11.3 Å². The number of carbonyl (C=O) groups is 1. The summed E-state index contributed by atoms with van der Waals surface area (Å²) < 4.78 is 0. The smallest absolute Gasteiger partial charge is 0.193 e. The van der Waals surface area contributed by atoms with Gasteiger partial charge in [0, 0.05) is 10.9 Å². The molecule has 1 aromatic carbocycles. The molecule has 1 aromatic heterocycles. The summed E-state index contributed by atoms with van der Waals surface area (Å²) in [6.07, 6.45) is -0.0795. The summed E-state index contributed by atoms with van der Waals surface area (Å²) in [6, 6.07) is 9.81. The first kappa shape index (κ1) is 11.4. The van der Waals surface area contributed by atoms with Gasteiger partial charge in [-0.3, -0.25) is 4.79 Å². The molecule has 1 N–H and O–H groups in total. The summed E-state index contributed by atoms with van der Waals surface area (Å²) in [7, 11) is 0. The molecule has 0 aliphatic carbocycles. The highest BCUT2D eigenvalue weighted by Gasteiger charge is 2.09. The van der Waals surface area contributed by atoms with Crippen LogP contribution in [-0.4, -0.2) is 10.8 Å². The molecule has 0 atom stereocenters. The Balaban J connectivity index is 2.44. The average Bonchev–Trinajstić information content (AvgIpc) is 2.71. The Bertz CT molecular complexity index is 602. The zero-order chi connectivity index (χ0) is 12.4. The fourth-order valence-corrected chi connectivity index (χ4v) is 1.83. The number of fused-ring (bicyclic) bond motifs is 1. The molecule has 3 heteroatoms. The monoisotopic (exact) mass is 226 g/mol. The lowest BCUT2D eigenvalue weighted by Gasteiger charge is -2.03. The van der Waals surface area contributed by atoms with Gasteiger partial charge >= 0.3 is 0 Å². The molecule has 0 saturated carbocycles. The van der Waals surface area contributed by atoms with Crippen molar-refractivity contribution < 1.29 is 4.79 Å². The molecule has 0 radical (unpaired) electrons. The lowest BCUT2D eigenvalue weighted by Crippen LogP contribution is -1.96. The topological polar surface area (TPSA) is 56.6 Å². The summed E-state index contributed by atoms with van der Waals surface area (Å²) in [6.45, 7) is 4.27. The maximum atomic E-state index is 11.6. The maximum absolute atomic E-state index is 11.6. The second-order valence-electron chi connectivity index (χ2n) is 4.44. The number of rotatable bonds is 3. The highest BCUT2D eigenvalue weighted by Crippen LogP contribution is 2.22. The predicted octanol–water partition coefficient (Wildman–Crippen LogP) is 3.39. The first-order chi connectivity index (χ1) is 8.11. The van der Waals surface area contributed by atoms with E-state index in [1.54, 1.807) is 0 Å². The van der Waals surface area contributed by atoms with Gasteiger partial charge in [-0.05, 0) is 29.7 Å². The Morgan fingerprint density at radius 2 is 2.18 bits per heavy atom. The molecular formula is C14H14N2O. The van der Waals surface area contributed by atoms with Crippen molar-refractivity contribution in [3.05, 3.63) is 35.5 Å². The standard InChI is InChI=1S/C14H14N2O/c1-9(2)10-3-4-12-11(7-10)8-13(16-12)14(17)5-6-15/h3-4,7-9,16H,5H2,1-2H3. The predicted molar refractivity (Wildman–Crippen MR) is 66.9 cm³/mol. The van der Waals surface area contributed by atoms with Crippen LogP contribution in [-0.2, 0) is 0 Å². The minimum Gasteiger partial charge on any atom is -0.352 e. The third kappa shape index (κ3) is 2.21. The van der Waals surface area contributed by atoms with Gasteiger partial charge in [-0.15, -0.1) is 0 Å². The molecule has 2 rings (SSSR count). The van der Waals surface area contributed by atoms with E-state index in [0.717, 1.165) is 10.9 Å². The number of nitrogens with zero attached hydrogens (tertiary/aromatic N) is 1. The fourth-order valence-electron chi connectivity index (χ4n) is 1.83. The number of hydrogen-bond donors (Lipinski definition) is 1. The van der Waals surface area contributed by atoms with E-state index >= 15 is 0 Å². The quantitative estimate of drug-likeness (QED) is 0.815. The molecule has 0 fully saturated rings. The SMILES string of the molecule is CC(C)c1ccc2[nH]c(C(=O)CC#N)cc2c1. The van der Waals surface area contributed by atoms with Gasteiger partial charge in [0.15, 0.2) is 5.78 Å². The fraction of sp³-hybridized carbons (Fsp3) is 0.286. The van der Waals surface area contributed by atoms with Crippen molar-refractivity contribution in [3.8, 4) is 6.07 Å². The minimum atomic E-state index is -0.158. The highest BCUT2D eigenvalue weighted by atomic mass is 16.1. The first-order valence-corrected chi connectivity index (χ1v) is 5.64. The summed E-state index contributed by atoms with van der Waals surface area (Å²) >= 11 is 0. The number of nitriles is 1. The second-order valence-corrected chi connectivity index (χ2v) is 4.44. The molecule has 17 heavy (non-hydrogen) atoms. The largest absolute Gasteiger partial charge is 0.352 e. The van der Waals surface area contributed by atoms with Crippen molar-refractivity contribution >= 4 is 16.7 Å². The number of aromatic nitrogens is 1. The molecule has 0 spiro atoms. The third-order valence-corrected chi connectivity index (χ3v) is 2.85. The van der Waals surface area contributed by atoms with Gasteiger partial charge in [-0.1, -0.05) is 19.9 Å². The summed E-state index contributed by atoms with van der Waals surface area (Å²) in [5.41, 5.74) is 2.70. The third-order valence-electron chi connectivity index (χ3n) is 2.85. The van der Waals surface area contributed by atoms with Crippen molar-refractivity contribution in [2.45, 2.75) is 26.2 Å². The Labute approximate surface area is 100 Å². The molecule has 0 amide bonds. The van der Waals surface area contributed by atoms with Crippen LogP contribution >= 0.6 is 0 Å². The van der Waals surface area contributed by atoms with Gasteiger partial charge in [-0.25, -0.2) is 0 Å². The number of H-pyrrole nitrogens is 1. The van der Waals surface area contributed by atoms with E-state index in [-0.39, 0.29) is 12.2 Å². The van der Waals surface area contributed by atoms with Crippen molar-refractivity contribution in [1.29, 1.82) is 5.26 Å². The number of carbonyl (C=O) groups excluding carboxylic acids is 1. The van der Waals surface area contributed by atoms with Crippen LogP contribution in [0.3, 0.4) is 0 Å². The highest BCUT2D eigenvalue weighted by molar-refractivity contribution is 6.00. The Hall–Kier alpha value is -2.08. The number of nitrogens with one attached hydrogen (secondary N) is 1. The minimum absolute atomic E-state index is 0.0795. The van der Waals surface area contributed by atoms with E-state index < -0.39 is 0 Å². The average molecular weight is 226 g/mol. The Morgan fingerprint density at radius 3 is 2.82 bits per heavy atom. The molecule has 0 saturated heterocycles.